The van der Waals surface area contributed by atoms with Gasteiger partial charge < -0.3 is 4.42 Å². The van der Waals surface area contributed by atoms with E-state index in [4.69, 9.17) is 15.4 Å². The number of furan rings is 1. The first kappa shape index (κ1) is 14.0. The van der Waals surface area contributed by atoms with Crippen LogP contribution in [-0.2, 0) is 0 Å². The van der Waals surface area contributed by atoms with Gasteiger partial charge in [0.2, 0.25) is 0 Å². The molecule has 1 nitrogen and oxygen atoms in total. The average molecular weight is 561 g/mol. The highest BCUT2D eigenvalue weighted by Gasteiger charge is 2.19. The average Bonchev–Trinajstić information content (AvgIpc) is 3.59. The molecular weight excluding hydrogens is 520 g/mol. The minimum atomic E-state index is -0.718. The second-order valence-corrected chi connectivity index (χ2v) is 10.2. The molecule has 200 valence electrons. The van der Waals surface area contributed by atoms with Crippen LogP contribution in [0.1, 0.15) is 19.2 Å². The Morgan fingerprint density at radius 3 is 2.00 bits per heavy atom. The van der Waals surface area contributed by atoms with Gasteiger partial charge in [-0.25, -0.2) is 0 Å². The molecule has 1 heteroatoms. The Morgan fingerprint density at radius 2 is 1.12 bits per heavy atom. The van der Waals surface area contributed by atoms with Crippen molar-refractivity contribution in [1.29, 1.82) is 0 Å². The van der Waals surface area contributed by atoms with E-state index in [-0.39, 0.29) is 61.3 Å². The molecule has 0 unspecified atom stereocenters. The van der Waals surface area contributed by atoms with Crippen LogP contribution in [0.25, 0.3) is 87.6 Å². The van der Waals surface area contributed by atoms with Gasteiger partial charge in [0.05, 0.1) is 19.2 Å². The summed E-state index contributed by atoms with van der Waals surface area (Å²) in [6.45, 7) is 0. The standard InChI is InChI=1S/C42H26O/c1-2-11-27(12-3-1)29-21-23-36-38(25-29)42(33-19-10-14-28-13-4-5-15-31(28)33)35-18-7-6-17-34(35)41(36)30-22-24-40-37(26-30)32-16-8-9-20-39(32)43-40/h1-26H/i4D,5D,6D,7D,10D,13D,14D,15D,17D,18D,19D,21D,23D,25D. The summed E-state index contributed by atoms with van der Waals surface area (Å²) >= 11 is 0. The first-order chi connectivity index (χ1) is 27.2. The van der Waals surface area contributed by atoms with E-state index in [1.807, 2.05) is 18.2 Å². The van der Waals surface area contributed by atoms with Gasteiger partial charge >= 0.3 is 0 Å². The summed E-state index contributed by atoms with van der Waals surface area (Å²) in [5.74, 6) is 0. The maximum Gasteiger partial charge on any atom is 0.135 e. The third kappa shape index (κ3) is 3.72. The fraction of sp³-hybridized carbons (Fsp3) is 0. The van der Waals surface area contributed by atoms with Crippen molar-refractivity contribution < 1.29 is 23.6 Å². The third-order valence-electron chi connectivity index (χ3n) is 7.79. The normalized spacial score (nSPS) is 16.3. The lowest BCUT2D eigenvalue weighted by Gasteiger charge is -2.19. The van der Waals surface area contributed by atoms with E-state index < -0.39 is 77.9 Å². The molecule has 0 N–H and O–H groups in total. The Morgan fingerprint density at radius 1 is 0.419 bits per heavy atom. The van der Waals surface area contributed by atoms with E-state index in [1.54, 1.807) is 54.6 Å². The molecule has 0 fully saturated rings. The smallest absolute Gasteiger partial charge is 0.135 e. The second kappa shape index (κ2) is 9.44. The number of benzene rings is 8. The lowest BCUT2D eigenvalue weighted by Crippen LogP contribution is -1.92. The predicted molar refractivity (Wildman–Crippen MR) is 183 cm³/mol. The Balaban J connectivity index is 1.65. The van der Waals surface area contributed by atoms with Crippen LogP contribution in [0, 0.1) is 0 Å². The molecule has 0 spiro atoms. The van der Waals surface area contributed by atoms with Gasteiger partial charge in [0.1, 0.15) is 11.2 Å². The Labute approximate surface area is 268 Å². The van der Waals surface area contributed by atoms with Gasteiger partial charge in [-0.15, -0.1) is 0 Å². The maximum absolute atomic E-state index is 9.91. The van der Waals surface area contributed by atoms with Crippen LogP contribution >= 0.6 is 0 Å². The van der Waals surface area contributed by atoms with Crippen molar-refractivity contribution in [3.63, 3.8) is 0 Å². The number of fused-ring (bicyclic) bond motifs is 6. The summed E-state index contributed by atoms with van der Waals surface area (Å²) in [7, 11) is 0. The molecule has 9 aromatic rings. The topological polar surface area (TPSA) is 13.1 Å². The molecule has 0 amide bonds. The molecule has 0 bridgehead atoms. The zero-order valence-electron chi connectivity index (χ0n) is 36.3. The largest absolute Gasteiger partial charge is 0.456 e. The fourth-order valence-corrected chi connectivity index (χ4v) is 5.89. The molecule has 0 aliphatic rings. The summed E-state index contributed by atoms with van der Waals surface area (Å²) in [6, 6.07) is 12.6. The minimum Gasteiger partial charge on any atom is -0.456 e. The highest BCUT2D eigenvalue weighted by atomic mass is 16.3. The molecule has 0 saturated heterocycles. The monoisotopic (exact) mass is 560 g/mol. The van der Waals surface area contributed by atoms with E-state index >= 15 is 0 Å². The van der Waals surface area contributed by atoms with Gasteiger partial charge in [0.15, 0.2) is 0 Å². The van der Waals surface area contributed by atoms with Crippen LogP contribution in [0.3, 0.4) is 0 Å². The van der Waals surface area contributed by atoms with Gasteiger partial charge in [-0.1, -0.05) is 133 Å². The van der Waals surface area contributed by atoms with Crippen LogP contribution in [0.4, 0.5) is 0 Å². The van der Waals surface area contributed by atoms with Crippen LogP contribution in [0.2, 0.25) is 0 Å². The molecule has 9 rings (SSSR count). The Bertz CT molecular complexity index is 3270. The second-order valence-electron chi connectivity index (χ2n) is 10.2. The van der Waals surface area contributed by atoms with Crippen LogP contribution in [0.5, 0.6) is 0 Å². The van der Waals surface area contributed by atoms with Crippen molar-refractivity contribution >= 4 is 54.3 Å². The molecule has 0 saturated carbocycles. The molecule has 8 aromatic carbocycles. The lowest BCUT2D eigenvalue weighted by atomic mass is 9.83. The molecule has 0 aliphatic heterocycles. The van der Waals surface area contributed by atoms with E-state index in [1.165, 1.54) is 0 Å². The van der Waals surface area contributed by atoms with E-state index in [0.717, 1.165) is 5.39 Å². The van der Waals surface area contributed by atoms with E-state index in [0.29, 0.717) is 27.7 Å². The van der Waals surface area contributed by atoms with Gasteiger partial charge in [-0.05, 0) is 89.9 Å². The summed E-state index contributed by atoms with van der Waals surface area (Å²) in [6.07, 6.45) is 0. The summed E-state index contributed by atoms with van der Waals surface area (Å²) in [5.41, 5.74) is 1.33. The highest BCUT2D eigenvalue weighted by molar-refractivity contribution is 6.24. The fourth-order valence-electron chi connectivity index (χ4n) is 5.89. The molecule has 1 aromatic heterocycles. The third-order valence-corrected chi connectivity index (χ3v) is 7.79. The van der Waals surface area contributed by atoms with Gasteiger partial charge in [0, 0.05) is 10.8 Å². The SMILES string of the molecule is [2H]c1c([2H])c([2H])c2c(-c3c4c([2H])c([2H])c([2H])c([2H])c4c(-c4ccc5oc6ccccc6c5c4)c4c([2H])c([2H])c(-c5ccccc5)c([2H])c34)c([2H])c([2H])c([2H])c2c1[2H]. The van der Waals surface area contributed by atoms with Crippen molar-refractivity contribution in [3.8, 4) is 33.4 Å². The molecule has 43 heavy (non-hydrogen) atoms. The van der Waals surface area contributed by atoms with Crippen LogP contribution in [0.15, 0.2) is 162 Å². The lowest BCUT2D eigenvalue weighted by molar-refractivity contribution is 0.669. The molecule has 0 atom stereocenters. The van der Waals surface area contributed by atoms with Crippen molar-refractivity contribution in [2.75, 3.05) is 0 Å². The van der Waals surface area contributed by atoms with E-state index in [2.05, 4.69) is 0 Å². The number of hydrogen-bond donors (Lipinski definition) is 0. The van der Waals surface area contributed by atoms with E-state index in [9.17, 15) is 8.22 Å². The zero-order valence-corrected chi connectivity index (χ0v) is 22.3. The highest BCUT2D eigenvalue weighted by Crippen LogP contribution is 2.47. The summed E-state index contributed by atoms with van der Waals surface area (Å²) in [4.78, 5) is 0. The molecule has 0 aliphatic carbocycles. The number of rotatable bonds is 3. The van der Waals surface area contributed by atoms with Crippen molar-refractivity contribution in [1.82, 2.24) is 0 Å². The quantitative estimate of drug-likeness (QED) is 0.196. The van der Waals surface area contributed by atoms with Gasteiger partial charge in [-0.2, -0.15) is 0 Å². The van der Waals surface area contributed by atoms with Gasteiger partial charge in [-0.3, -0.25) is 0 Å². The Kier molecular flexibility index (Phi) is 3.07. The van der Waals surface area contributed by atoms with Gasteiger partial charge in [0.25, 0.3) is 0 Å². The van der Waals surface area contributed by atoms with Crippen LogP contribution < -0.4 is 0 Å². The predicted octanol–water partition coefficient (Wildman–Crippen LogP) is 12.0. The van der Waals surface area contributed by atoms with Crippen molar-refractivity contribution in [3.05, 3.63) is 157 Å². The number of para-hydroxylation sites is 1. The molecule has 1 heterocycles. The van der Waals surface area contributed by atoms with Crippen LogP contribution in [-0.4, -0.2) is 0 Å². The molecule has 0 radical (unpaired) electrons. The first-order valence-electron chi connectivity index (χ1n) is 20.6. The minimum absolute atomic E-state index is 0.00212. The van der Waals surface area contributed by atoms with Crippen molar-refractivity contribution in [2.45, 2.75) is 0 Å². The maximum atomic E-state index is 9.91. The Hall–Kier alpha value is -5.66. The number of hydrogen-bond acceptors (Lipinski definition) is 1. The zero-order chi connectivity index (χ0) is 40.5. The first-order valence-corrected chi connectivity index (χ1v) is 13.6. The van der Waals surface area contributed by atoms with Crippen molar-refractivity contribution in [2.24, 2.45) is 0 Å². The summed E-state index contributed by atoms with van der Waals surface area (Å²) in [5, 5.41) is 0.0632. The summed E-state index contributed by atoms with van der Waals surface area (Å²) < 4.78 is 134. The molecular formula is C42H26O.